The second-order valence-corrected chi connectivity index (χ2v) is 8.49. The molecule has 3 aromatic rings. The van der Waals surface area contributed by atoms with Crippen molar-refractivity contribution >= 4 is 23.5 Å². The molecular formula is C26H28N4O5. The van der Waals surface area contributed by atoms with Crippen LogP contribution in [0.4, 0.5) is 5.69 Å². The topological polar surface area (TPSA) is 103 Å². The van der Waals surface area contributed by atoms with Crippen LogP contribution in [0.1, 0.15) is 46.0 Å². The first-order valence-corrected chi connectivity index (χ1v) is 11.3. The number of imidazole rings is 1. The monoisotopic (exact) mass is 476 g/mol. The molecule has 0 bridgehead atoms. The first kappa shape index (κ1) is 24.0. The number of hydrogen-bond donors (Lipinski definition) is 1. The molecule has 2 amide bonds. The summed E-state index contributed by atoms with van der Waals surface area (Å²) in [5, 5.41) is 2.97. The average Bonchev–Trinajstić information content (AvgIpc) is 3.30. The molecule has 1 aliphatic heterocycles. The lowest BCUT2D eigenvalue weighted by Crippen LogP contribution is -2.64. The first-order valence-electron chi connectivity index (χ1n) is 11.3. The number of nitrogens with one attached hydrogen (secondary N) is 1. The number of hydrogen-bond acceptors (Lipinski definition) is 6. The Morgan fingerprint density at radius 3 is 2.63 bits per heavy atom. The standard InChI is InChI=1S/C26H28N4O5/c1-5-17-9-8-11-19(13-17)30-23(31)22-21(24(32)35-4)28-16-29(22)15-26(30,2)25(33)27-14-18-10-6-7-12-20(18)34-3/h6-13,16H,5,14-15H2,1-4H3,(H,27,33). The van der Waals surface area contributed by atoms with Crippen LogP contribution in [0.15, 0.2) is 54.9 Å². The van der Waals surface area contributed by atoms with Gasteiger partial charge in [0.1, 0.15) is 17.0 Å². The Morgan fingerprint density at radius 2 is 1.91 bits per heavy atom. The SMILES string of the molecule is CCc1cccc(N2C(=O)c3c(C(=O)OC)ncn3CC2(C)C(=O)NCc2ccccc2OC)c1. The minimum absolute atomic E-state index is 0.0781. The number of benzene rings is 2. The quantitative estimate of drug-likeness (QED) is 0.526. The van der Waals surface area contributed by atoms with Gasteiger partial charge in [0, 0.05) is 17.8 Å². The van der Waals surface area contributed by atoms with Gasteiger partial charge in [-0.1, -0.05) is 37.3 Å². The third-order valence-electron chi connectivity index (χ3n) is 6.29. The fraction of sp³-hybridized carbons (Fsp3) is 0.308. The smallest absolute Gasteiger partial charge is 0.359 e. The molecule has 1 atom stereocenters. The summed E-state index contributed by atoms with van der Waals surface area (Å²) in [5.41, 5.74) is 1.10. The van der Waals surface area contributed by atoms with E-state index in [0.717, 1.165) is 17.5 Å². The lowest BCUT2D eigenvalue weighted by Gasteiger charge is -2.43. The van der Waals surface area contributed by atoms with Crippen molar-refractivity contribution in [2.45, 2.75) is 38.9 Å². The molecule has 182 valence electrons. The van der Waals surface area contributed by atoms with Crippen LogP contribution in [-0.4, -0.2) is 47.1 Å². The van der Waals surface area contributed by atoms with E-state index < -0.39 is 17.4 Å². The molecule has 1 N–H and O–H groups in total. The van der Waals surface area contributed by atoms with Crippen LogP contribution in [0.2, 0.25) is 0 Å². The zero-order chi connectivity index (χ0) is 25.2. The number of carbonyl (C=O) groups is 3. The number of methoxy groups -OCH3 is 2. The van der Waals surface area contributed by atoms with Crippen molar-refractivity contribution in [3.05, 3.63) is 77.4 Å². The molecule has 4 rings (SSSR count). The summed E-state index contributed by atoms with van der Waals surface area (Å²) in [7, 11) is 2.81. The van der Waals surface area contributed by atoms with Crippen molar-refractivity contribution in [3.63, 3.8) is 0 Å². The molecule has 2 aromatic carbocycles. The molecule has 1 aromatic heterocycles. The van der Waals surface area contributed by atoms with Gasteiger partial charge in [-0.25, -0.2) is 9.78 Å². The van der Waals surface area contributed by atoms with E-state index in [2.05, 4.69) is 10.3 Å². The molecule has 9 nitrogen and oxygen atoms in total. The van der Waals surface area contributed by atoms with E-state index in [4.69, 9.17) is 9.47 Å². The van der Waals surface area contributed by atoms with Gasteiger partial charge < -0.3 is 19.4 Å². The highest BCUT2D eigenvalue weighted by atomic mass is 16.5. The van der Waals surface area contributed by atoms with Crippen LogP contribution in [0, 0.1) is 0 Å². The lowest BCUT2D eigenvalue weighted by atomic mass is 9.92. The molecule has 0 spiro atoms. The van der Waals surface area contributed by atoms with Crippen LogP contribution in [0.3, 0.4) is 0 Å². The van der Waals surface area contributed by atoms with Crippen molar-refractivity contribution in [1.29, 1.82) is 0 Å². The number of carbonyl (C=O) groups excluding carboxylic acids is 3. The Bertz CT molecular complexity index is 1280. The normalized spacial score (nSPS) is 17.0. The summed E-state index contributed by atoms with van der Waals surface area (Å²) in [6, 6.07) is 14.9. The Balaban J connectivity index is 1.76. The second-order valence-electron chi connectivity index (χ2n) is 8.49. The number of anilines is 1. The van der Waals surface area contributed by atoms with Gasteiger partial charge in [-0.05, 0) is 37.1 Å². The van der Waals surface area contributed by atoms with Crippen molar-refractivity contribution in [1.82, 2.24) is 14.9 Å². The number of aryl methyl sites for hydroxylation is 1. The zero-order valence-corrected chi connectivity index (χ0v) is 20.2. The van der Waals surface area contributed by atoms with Crippen LogP contribution in [0.5, 0.6) is 5.75 Å². The summed E-state index contributed by atoms with van der Waals surface area (Å²) in [6.07, 6.45) is 2.16. The molecule has 0 saturated carbocycles. The number of amides is 2. The highest BCUT2D eigenvalue weighted by molar-refractivity contribution is 6.15. The molecular weight excluding hydrogens is 448 g/mol. The van der Waals surface area contributed by atoms with Crippen molar-refractivity contribution in [2.75, 3.05) is 19.1 Å². The molecule has 1 aliphatic rings. The fourth-order valence-electron chi connectivity index (χ4n) is 4.41. The van der Waals surface area contributed by atoms with E-state index in [1.165, 1.54) is 22.9 Å². The number of rotatable bonds is 7. The van der Waals surface area contributed by atoms with Crippen LogP contribution in [0.25, 0.3) is 0 Å². The molecule has 1 unspecified atom stereocenters. The van der Waals surface area contributed by atoms with Crippen LogP contribution in [-0.2, 0) is 29.0 Å². The van der Waals surface area contributed by atoms with Gasteiger partial charge in [-0.15, -0.1) is 0 Å². The van der Waals surface area contributed by atoms with Crippen LogP contribution >= 0.6 is 0 Å². The Hall–Kier alpha value is -4.14. The van der Waals surface area contributed by atoms with Gasteiger partial charge in [0.15, 0.2) is 5.69 Å². The van der Waals surface area contributed by atoms with Gasteiger partial charge in [0.2, 0.25) is 5.91 Å². The van der Waals surface area contributed by atoms with Crippen molar-refractivity contribution in [3.8, 4) is 5.75 Å². The maximum atomic E-state index is 13.9. The van der Waals surface area contributed by atoms with Crippen LogP contribution < -0.4 is 15.0 Å². The molecule has 0 radical (unpaired) electrons. The number of esters is 1. The predicted octanol–water partition coefficient (Wildman–Crippen LogP) is 2.98. The van der Waals surface area contributed by atoms with Gasteiger partial charge in [0.25, 0.3) is 5.91 Å². The molecule has 2 heterocycles. The van der Waals surface area contributed by atoms with Gasteiger partial charge in [-0.2, -0.15) is 0 Å². The molecule has 9 heteroatoms. The Labute approximate surface area is 203 Å². The van der Waals surface area contributed by atoms with Gasteiger partial charge in [-0.3, -0.25) is 14.5 Å². The second kappa shape index (κ2) is 9.61. The predicted molar refractivity (Wildman–Crippen MR) is 129 cm³/mol. The van der Waals surface area contributed by atoms with Crippen molar-refractivity contribution < 1.29 is 23.9 Å². The van der Waals surface area contributed by atoms with Gasteiger partial charge >= 0.3 is 5.97 Å². The Kier molecular flexibility index (Phi) is 6.59. The minimum Gasteiger partial charge on any atom is -0.496 e. The minimum atomic E-state index is -1.30. The van der Waals surface area contributed by atoms with E-state index in [0.29, 0.717) is 11.4 Å². The largest absolute Gasteiger partial charge is 0.496 e. The molecule has 35 heavy (non-hydrogen) atoms. The van der Waals surface area contributed by atoms with E-state index >= 15 is 0 Å². The zero-order valence-electron chi connectivity index (χ0n) is 20.2. The fourth-order valence-corrected chi connectivity index (χ4v) is 4.41. The average molecular weight is 477 g/mol. The van der Waals surface area contributed by atoms with E-state index in [9.17, 15) is 14.4 Å². The number of ether oxygens (including phenoxy) is 2. The van der Waals surface area contributed by atoms with Gasteiger partial charge in [0.05, 0.1) is 27.1 Å². The number of fused-ring (bicyclic) bond motifs is 1. The van der Waals surface area contributed by atoms with Crippen molar-refractivity contribution in [2.24, 2.45) is 0 Å². The lowest BCUT2D eigenvalue weighted by molar-refractivity contribution is -0.126. The summed E-state index contributed by atoms with van der Waals surface area (Å²) in [5.74, 6) is -0.904. The molecule has 0 aliphatic carbocycles. The number of para-hydroxylation sites is 1. The maximum Gasteiger partial charge on any atom is 0.359 e. The maximum absolute atomic E-state index is 13.9. The number of aromatic nitrogens is 2. The van der Waals surface area contributed by atoms with E-state index in [-0.39, 0.29) is 30.4 Å². The summed E-state index contributed by atoms with van der Waals surface area (Å²) in [6.45, 7) is 4.05. The highest BCUT2D eigenvalue weighted by Gasteiger charge is 2.49. The highest BCUT2D eigenvalue weighted by Crippen LogP contribution is 2.34. The summed E-state index contributed by atoms with van der Waals surface area (Å²) >= 11 is 0. The third kappa shape index (κ3) is 4.25. The van der Waals surface area contributed by atoms with E-state index in [1.54, 1.807) is 20.1 Å². The molecule has 0 fully saturated rings. The summed E-state index contributed by atoms with van der Waals surface area (Å²) in [4.78, 5) is 45.4. The third-order valence-corrected chi connectivity index (χ3v) is 6.29. The Morgan fingerprint density at radius 1 is 1.14 bits per heavy atom. The first-order chi connectivity index (χ1) is 16.8. The molecule has 0 saturated heterocycles. The van der Waals surface area contributed by atoms with E-state index in [1.807, 2.05) is 49.4 Å². The summed E-state index contributed by atoms with van der Waals surface area (Å²) < 4.78 is 11.7. The number of nitrogens with zero attached hydrogens (tertiary/aromatic N) is 3.